The van der Waals surface area contributed by atoms with E-state index in [0.29, 0.717) is 10.8 Å². The van der Waals surface area contributed by atoms with Gasteiger partial charge in [0.15, 0.2) is 6.61 Å². The third-order valence-electron chi connectivity index (χ3n) is 2.17. The van der Waals surface area contributed by atoms with Crippen molar-refractivity contribution in [2.75, 3.05) is 6.61 Å². The molecule has 0 atom stereocenters. The molecule has 2 N–H and O–H groups in total. The topological polar surface area (TPSA) is 67.4 Å². The van der Waals surface area contributed by atoms with Gasteiger partial charge in [-0.05, 0) is 44.5 Å². The summed E-state index contributed by atoms with van der Waals surface area (Å²) in [5, 5.41) is 5.34. The maximum absolute atomic E-state index is 11.4. The molecule has 3 amide bonds. The van der Waals surface area contributed by atoms with Crippen molar-refractivity contribution >= 4 is 23.5 Å². The molecule has 0 saturated carbocycles. The number of benzene rings is 1. The van der Waals surface area contributed by atoms with Gasteiger partial charge in [0, 0.05) is 11.1 Å². The Bertz CT molecular complexity index is 475. The summed E-state index contributed by atoms with van der Waals surface area (Å²) in [6.07, 6.45) is 0. The van der Waals surface area contributed by atoms with Crippen LogP contribution in [0.5, 0.6) is 5.75 Å². The van der Waals surface area contributed by atoms with Crippen molar-refractivity contribution in [1.82, 2.24) is 10.6 Å². The van der Waals surface area contributed by atoms with Gasteiger partial charge in [0.1, 0.15) is 5.75 Å². The van der Waals surface area contributed by atoms with E-state index in [4.69, 9.17) is 16.3 Å². The number of nitrogens with one attached hydrogen (secondary N) is 2. The molecule has 0 aliphatic rings. The van der Waals surface area contributed by atoms with Crippen molar-refractivity contribution in [3.8, 4) is 5.75 Å². The first-order chi connectivity index (χ1) is 8.88. The maximum Gasteiger partial charge on any atom is 0.321 e. The van der Waals surface area contributed by atoms with Gasteiger partial charge in [-0.3, -0.25) is 10.1 Å². The fourth-order valence-corrected chi connectivity index (χ4v) is 1.43. The van der Waals surface area contributed by atoms with Gasteiger partial charge in [-0.1, -0.05) is 11.6 Å². The van der Waals surface area contributed by atoms with Gasteiger partial charge in [-0.2, -0.15) is 0 Å². The molecule has 6 heteroatoms. The Morgan fingerprint density at radius 2 is 2.05 bits per heavy atom. The zero-order valence-electron chi connectivity index (χ0n) is 11.1. The van der Waals surface area contributed by atoms with Gasteiger partial charge in [-0.25, -0.2) is 4.79 Å². The van der Waals surface area contributed by atoms with Crippen LogP contribution in [-0.2, 0) is 4.79 Å². The number of carbonyl (C=O) groups excluding carboxylic acids is 2. The summed E-state index contributed by atoms with van der Waals surface area (Å²) in [6, 6.07) is 4.51. The highest BCUT2D eigenvalue weighted by atomic mass is 35.5. The van der Waals surface area contributed by atoms with Gasteiger partial charge in [0.05, 0.1) is 0 Å². The summed E-state index contributed by atoms with van der Waals surface area (Å²) in [4.78, 5) is 22.7. The van der Waals surface area contributed by atoms with Crippen molar-refractivity contribution in [3.63, 3.8) is 0 Å². The van der Waals surface area contributed by atoms with E-state index in [9.17, 15) is 9.59 Å². The summed E-state index contributed by atoms with van der Waals surface area (Å²) in [7, 11) is 0. The van der Waals surface area contributed by atoms with E-state index in [1.54, 1.807) is 32.0 Å². The average Bonchev–Trinajstić information content (AvgIpc) is 2.29. The molecule has 0 spiro atoms. The number of halogens is 1. The number of carbonyl (C=O) groups is 2. The Labute approximate surface area is 117 Å². The lowest BCUT2D eigenvalue weighted by Crippen LogP contribution is -2.44. The highest BCUT2D eigenvalue weighted by Crippen LogP contribution is 2.20. The molecule has 0 aromatic heterocycles. The molecule has 0 saturated heterocycles. The predicted molar refractivity (Wildman–Crippen MR) is 73.5 cm³/mol. The van der Waals surface area contributed by atoms with Crippen molar-refractivity contribution in [3.05, 3.63) is 28.8 Å². The molecule has 0 aliphatic heterocycles. The molecule has 1 rings (SSSR count). The molecule has 19 heavy (non-hydrogen) atoms. The van der Waals surface area contributed by atoms with E-state index in [1.165, 1.54) is 0 Å². The molecule has 1 aromatic rings. The molecule has 5 nitrogen and oxygen atoms in total. The minimum absolute atomic E-state index is 0.0346. The molecular weight excluding hydrogens is 268 g/mol. The third kappa shape index (κ3) is 5.61. The molecule has 0 bridgehead atoms. The van der Waals surface area contributed by atoms with Gasteiger partial charge in [0.25, 0.3) is 5.91 Å². The lowest BCUT2D eigenvalue weighted by Gasteiger charge is -2.10. The second-order valence-corrected chi connectivity index (χ2v) is 4.78. The van der Waals surface area contributed by atoms with Crippen LogP contribution in [0.15, 0.2) is 18.2 Å². The van der Waals surface area contributed by atoms with E-state index >= 15 is 0 Å². The second kappa shape index (κ2) is 6.99. The fourth-order valence-electron chi connectivity index (χ4n) is 1.32. The first-order valence-corrected chi connectivity index (χ1v) is 6.25. The van der Waals surface area contributed by atoms with Gasteiger partial charge >= 0.3 is 6.03 Å². The Morgan fingerprint density at radius 3 is 2.63 bits per heavy atom. The normalized spacial score (nSPS) is 10.2. The zero-order chi connectivity index (χ0) is 14.4. The lowest BCUT2D eigenvalue weighted by atomic mass is 10.2. The van der Waals surface area contributed by atoms with Crippen LogP contribution in [0.3, 0.4) is 0 Å². The standard InChI is InChI=1S/C13H17ClN2O3/c1-8(2)15-13(18)16-12(17)7-19-10-4-5-11(14)9(3)6-10/h4-6,8H,7H2,1-3H3,(H2,15,16,17,18). The minimum atomic E-state index is -0.532. The van der Waals surface area contributed by atoms with Crippen molar-refractivity contribution in [1.29, 1.82) is 0 Å². The van der Waals surface area contributed by atoms with Crippen LogP contribution in [0.4, 0.5) is 4.79 Å². The van der Waals surface area contributed by atoms with Crippen LogP contribution in [0.1, 0.15) is 19.4 Å². The van der Waals surface area contributed by atoms with E-state index < -0.39 is 11.9 Å². The fraction of sp³-hybridized carbons (Fsp3) is 0.385. The van der Waals surface area contributed by atoms with Crippen LogP contribution in [0, 0.1) is 6.92 Å². The molecule has 104 valence electrons. The molecule has 0 heterocycles. The summed E-state index contributed by atoms with van der Waals surface area (Å²) < 4.78 is 5.26. The van der Waals surface area contributed by atoms with Crippen LogP contribution in [0.2, 0.25) is 5.02 Å². The molecule has 0 aliphatic carbocycles. The number of ether oxygens (including phenoxy) is 1. The number of imide groups is 1. The zero-order valence-corrected chi connectivity index (χ0v) is 11.9. The summed E-state index contributed by atoms with van der Waals surface area (Å²) in [6.45, 7) is 5.21. The SMILES string of the molecule is Cc1cc(OCC(=O)NC(=O)NC(C)C)ccc1Cl. The average molecular weight is 285 g/mol. The quantitative estimate of drug-likeness (QED) is 0.891. The smallest absolute Gasteiger partial charge is 0.321 e. The van der Waals surface area contributed by atoms with Crippen molar-refractivity contribution in [2.24, 2.45) is 0 Å². The molecule has 0 unspecified atom stereocenters. The van der Waals surface area contributed by atoms with E-state index in [2.05, 4.69) is 10.6 Å². The van der Waals surface area contributed by atoms with Gasteiger partial charge in [0.2, 0.25) is 0 Å². The van der Waals surface area contributed by atoms with Crippen molar-refractivity contribution < 1.29 is 14.3 Å². The Hall–Kier alpha value is -1.75. The van der Waals surface area contributed by atoms with E-state index in [-0.39, 0.29) is 12.6 Å². The monoisotopic (exact) mass is 284 g/mol. The number of rotatable bonds is 4. The number of hydrogen-bond donors (Lipinski definition) is 2. The third-order valence-corrected chi connectivity index (χ3v) is 2.60. The Morgan fingerprint density at radius 1 is 1.37 bits per heavy atom. The largest absolute Gasteiger partial charge is 0.484 e. The Kier molecular flexibility index (Phi) is 5.63. The van der Waals surface area contributed by atoms with Crippen molar-refractivity contribution in [2.45, 2.75) is 26.8 Å². The first kappa shape index (κ1) is 15.3. The molecule has 0 fully saturated rings. The summed E-state index contributed by atoms with van der Waals surface area (Å²) in [5.74, 6) is 0.0204. The number of hydrogen-bond acceptors (Lipinski definition) is 3. The maximum atomic E-state index is 11.4. The molecule has 1 aromatic carbocycles. The molecule has 0 radical (unpaired) electrons. The number of aryl methyl sites for hydroxylation is 1. The molecular formula is C13H17ClN2O3. The van der Waals surface area contributed by atoms with E-state index in [0.717, 1.165) is 5.56 Å². The van der Waals surface area contributed by atoms with Crippen LogP contribution in [0.25, 0.3) is 0 Å². The van der Waals surface area contributed by atoms with Crippen LogP contribution < -0.4 is 15.4 Å². The van der Waals surface area contributed by atoms with Gasteiger partial charge < -0.3 is 10.1 Å². The number of urea groups is 1. The minimum Gasteiger partial charge on any atom is -0.484 e. The van der Waals surface area contributed by atoms with Crippen LogP contribution in [-0.4, -0.2) is 24.6 Å². The lowest BCUT2D eigenvalue weighted by molar-refractivity contribution is -0.122. The van der Waals surface area contributed by atoms with Gasteiger partial charge in [-0.15, -0.1) is 0 Å². The van der Waals surface area contributed by atoms with Crippen LogP contribution >= 0.6 is 11.6 Å². The highest BCUT2D eigenvalue weighted by molar-refractivity contribution is 6.31. The number of amides is 3. The summed E-state index contributed by atoms with van der Waals surface area (Å²) >= 11 is 5.87. The highest BCUT2D eigenvalue weighted by Gasteiger charge is 2.09. The Balaban J connectivity index is 2.41. The predicted octanol–water partition coefficient (Wildman–Crippen LogP) is 2.26. The first-order valence-electron chi connectivity index (χ1n) is 5.87. The second-order valence-electron chi connectivity index (χ2n) is 4.38. The summed E-state index contributed by atoms with van der Waals surface area (Å²) in [5.41, 5.74) is 0.858. The van der Waals surface area contributed by atoms with E-state index in [1.807, 2.05) is 6.92 Å².